The maximum atomic E-state index is 14.0. The molecule has 0 radical (unpaired) electrons. The predicted octanol–water partition coefficient (Wildman–Crippen LogP) is 4.68. The lowest BCUT2D eigenvalue weighted by atomic mass is 10.0. The maximum absolute atomic E-state index is 14.0. The van der Waals surface area contributed by atoms with Crippen molar-refractivity contribution in [2.24, 2.45) is 0 Å². The van der Waals surface area contributed by atoms with Gasteiger partial charge in [0.25, 0.3) is 0 Å². The Bertz CT molecular complexity index is 880. The minimum absolute atomic E-state index is 0.144. The third-order valence-corrected chi connectivity index (χ3v) is 4.05. The van der Waals surface area contributed by atoms with Gasteiger partial charge < -0.3 is 9.63 Å². The molecule has 0 bridgehead atoms. The summed E-state index contributed by atoms with van der Waals surface area (Å²) >= 11 is 3.35. The van der Waals surface area contributed by atoms with E-state index in [1.54, 1.807) is 24.3 Å². The van der Waals surface area contributed by atoms with Gasteiger partial charge in [-0.1, -0.05) is 39.3 Å². The van der Waals surface area contributed by atoms with Crippen molar-refractivity contribution >= 4 is 15.9 Å². The van der Waals surface area contributed by atoms with E-state index in [0.29, 0.717) is 15.7 Å². The highest BCUT2D eigenvalue weighted by Crippen LogP contribution is 2.37. The van der Waals surface area contributed by atoms with Crippen molar-refractivity contribution in [3.8, 4) is 22.6 Å². The van der Waals surface area contributed by atoms with Crippen molar-refractivity contribution in [2.75, 3.05) is 0 Å². The third kappa shape index (κ3) is 2.66. The average Bonchev–Trinajstić information content (AvgIpc) is 2.96. The molecule has 118 valence electrons. The molecule has 0 aliphatic carbocycles. The summed E-state index contributed by atoms with van der Waals surface area (Å²) in [5, 5.41) is 13.5. The van der Waals surface area contributed by atoms with Crippen LogP contribution < -0.4 is 0 Å². The van der Waals surface area contributed by atoms with Crippen LogP contribution in [0.25, 0.3) is 22.6 Å². The summed E-state index contributed by atoms with van der Waals surface area (Å²) in [5.41, 5.74) is 0.786. The smallest absolute Gasteiger partial charge is 0.195 e. The van der Waals surface area contributed by atoms with Crippen molar-refractivity contribution in [3.63, 3.8) is 0 Å². The molecule has 1 heterocycles. The SMILES string of the molecule is OCc1c(-c2ccccc2Br)noc1-c1ccc(F)c(F)c1F. The molecular formula is C16H9BrF3NO2. The quantitative estimate of drug-likeness (QED) is 0.667. The zero-order valence-electron chi connectivity index (χ0n) is 11.5. The number of hydrogen-bond donors (Lipinski definition) is 1. The Morgan fingerprint density at radius 2 is 1.74 bits per heavy atom. The van der Waals surface area contributed by atoms with Gasteiger partial charge in [-0.3, -0.25) is 0 Å². The van der Waals surface area contributed by atoms with Crippen LogP contribution in [0.3, 0.4) is 0 Å². The molecule has 1 aromatic heterocycles. The molecule has 3 aromatic rings. The summed E-state index contributed by atoms with van der Waals surface area (Å²) < 4.78 is 46.2. The van der Waals surface area contributed by atoms with Gasteiger partial charge in [-0.2, -0.15) is 0 Å². The molecule has 3 nitrogen and oxygen atoms in total. The Morgan fingerprint density at radius 3 is 2.43 bits per heavy atom. The third-order valence-electron chi connectivity index (χ3n) is 3.36. The molecule has 2 aromatic carbocycles. The summed E-state index contributed by atoms with van der Waals surface area (Å²) in [5.74, 6) is -4.45. The van der Waals surface area contributed by atoms with Crippen molar-refractivity contribution < 1.29 is 22.8 Å². The molecule has 0 amide bonds. The van der Waals surface area contributed by atoms with E-state index < -0.39 is 24.1 Å². The fourth-order valence-corrected chi connectivity index (χ4v) is 2.71. The molecule has 0 spiro atoms. The van der Waals surface area contributed by atoms with Crippen LogP contribution in [0.2, 0.25) is 0 Å². The largest absolute Gasteiger partial charge is 0.391 e. The number of benzene rings is 2. The number of halogens is 4. The fraction of sp³-hybridized carbons (Fsp3) is 0.0625. The van der Waals surface area contributed by atoms with Crippen molar-refractivity contribution in [3.05, 3.63) is 63.9 Å². The summed E-state index contributed by atoms with van der Waals surface area (Å²) in [6, 6.07) is 8.87. The zero-order chi connectivity index (χ0) is 16.6. The Morgan fingerprint density at radius 1 is 1.00 bits per heavy atom. The molecule has 7 heteroatoms. The van der Waals surface area contributed by atoms with Crippen LogP contribution in [0.15, 0.2) is 45.4 Å². The highest BCUT2D eigenvalue weighted by molar-refractivity contribution is 9.10. The molecular weight excluding hydrogens is 375 g/mol. The van der Waals surface area contributed by atoms with Gasteiger partial charge in [0.2, 0.25) is 0 Å². The highest BCUT2D eigenvalue weighted by Gasteiger charge is 2.24. The minimum Gasteiger partial charge on any atom is -0.391 e. The summed E-state index contributed by atoms with van der Waals surface area (Å²) in [4.78, 5) is 0. The summed E-state index contributed by atoms with van der Waals surface area (Å²) in [6.45, 7) is -0.506. The standard InChI is InChI=1S/C16H9BrF3NO2/c17-11-4-2-1-3-8(11)15-10(7-22)16(23-21-15)9-5-6-12(18)14(20)13(9)19/h1-6,22H,7H2. The second kappa shape index (κ2) is 6.17. The average molecular weight is 384 g/mol. The first-order valence-electron chi connectivity index (χ1n) is 6.52. The molecule has 0 aliphatic heterocycles. The van der Waals surface area contributed by atoms with Crippen molar-refractivity contribution in [1.29, 1.82) is 0 Å². The minimum atomic E-state index is -1.61. The first kappa shape index (κ1) is 15.8. The molecule has 0 saturated carbocycles. The Balaban J connectivity index is 2.21. The van der Waals surface area contributed by atoms with Crippen LogP contribution in [-0.2, 0) is 6.61 Å². The van der Waals surface area contributed by atoms with Gasteiger partial charge in [0.05, 0.1) is 17.7 Å². The number of aliphatic hydroxyl groups excluding tert-OH is 1. The van der Waals surface area contributed by atoms with Crippen LogP contribution in [0.1, 0.15) is 5.56 Å². The summed E-state index contributed by atoms with van der Waals surface area (Å²) in [6.07, 6.45) is 0. The highest BCUT2D eigenvalue weighted by atomic mass is 79.9. The summed E-state index contributed by atoms with van der Waals surface area (Å²) in [7, 11) is 0. The van der Waals surface area contributed by atoms with Crippen molar-refractivity contribution in [1.82, 2.24) is 5.16 Å². The van der Waals surface area contributed by atoms with E-state index >= 15 is 0 Å². The first-order chi connectivity index (χ1) is 11.0. The lowest BCUT2D eigenvalue weighted by molar-refractivity contribution is 0.281. The molecule has 1 N–H and O–H groups in total. The van der Waals surface area contributed by atoms with E-state index in [0.717, 1.165) is 12.1 Å². The monoisotopic (exact) mass is 383 g/mol. The number of hydrogen-bond acceptors (Lipinski definition) is 3. The van der Waals surface area contributed by atoms with E-state index in [1.165, 1.54) is 0 Å². The number of aliphatic hydroxyl groups is 1. The van der Waals surface area contributed by atoms with Crippen LogP contribution >= 0.6 is 15.9 Å². The normalized spacial score (nSPS) is 11.0. The lowest BCUT2D eigenvalue weighted by Crippen LogP contribution is -1.96. The molecule has 23 heavy (non-hydrogen) atoms. The fourth-order valence-electron chi connectivity index (χ4n) is 2.23. The first-order valence-corrected chi connectivity index (χ1v) is 7.32. The van der Waals surface area contributed by atoms with Gasteiger partial charge in [0.15, 0.2) is 23.2 Å². The Hall–Kier alpha value is -2.12. The van der Waals surface area contributed by atoms with Gasteiger partial charge in [0.1, 0.15) is 5.69 Å². The van der Waals surface area contributed by atoms with Gasteiger partial charge in [-0.25, -0.2) is 13.2 Å². The van der Waals surface area contributed by atoms with Crippen LogP contribution in [0, 0.1) is 17.5 Å². The van der Waals surface area contributed by atoms with Gasteiger partial charge in [-0.15, -0.1) is 0 Å². The molecule has 0 aliphatic rings. The molecule has 0 saturated heterocycles. The Kier molecular flexibility index (Phi) is 4.23. The van der Waals surface area contributed by atoms with Gasteiger partial charge >= 0.3 is 0 Å². The zero-order valence-corrected chi connectivity index (χ0v) is 13.1. The van der Waals surface area contributed by atoms with E-state index in [-0.39, 0.29) is 16.9 Å². The maximum Gasteiger partial charge on any atom is 0.195 e. The van der Waals surface area contributed by atoms with Crippen molar-refractivity contribution in [2.45, 2.75) is 6.61 Å². The number of aromatic nitrogens is 1. The molecule has 0 atom stereocenters. The van der Waals surface area contributed by atoms with E-state index in [4.69, 9.17) is 4.52 Å². The van der Waals surface area contributed by atoms with E-state index in [1.807, 2.05) is 0 Å². The number of rotatable bonds is 3. The van der Waals surface area contributed by atoms with Crippen LogP contribution in [-0.4, -0.2) is 10.3 Å². The molecule has 0 fully saturated rings. The molecule has 0 unspecified atom stereocenters. The Labute approximate surface area is 137 Å². The van der Waals surface area contributed by atoms with E-state index in [9.17, 15) is 18.3 Å². The second-order valence-electron chi connectivity index (χ2n) is 4.70. The van der Waals surface area contributed by atoms with Crippen LogP contribution in [0.5, 0.6) is 0 Å². The lowest BCUT2D eigenvalue weighted by Gasteiger charge is -2.05. The number of nitrogens with zero attached hydrogens (tertiary/aromatic N) is 1. The topological polar surface area (TPSA) is 46.3 Å². The van der Waals surface area contributed by atoms with Gasteiger partial charge in [0, 0.05) is 10.0 Å². The van der Waals surface area contributed by atoms with Gasteiger partial charge in [-0.05, 0) is 18.2 Å². The second-order valence-corrected chi connectivity index (χ2v) is 5.55. The predicted molar refractivity (Wildman–Crippen MR) is 80.9 cm³/mol. The van der Waals surface area contributed by atoms with Crippen LogP contribution in [0.4, 0.5) is 13.2 Å². The molecule has 3 rings (SSSR count). The van der Waals surface area contributed by atoms with E-state index in [2.05, 4.69) is 21.1 Å².